The first-order valence-electron chi connectivity index (χ1n) is 2.69. The van der Waals surface area contributed by atoms with E-state index >= 15 is 0 Å². The smallest absolute Gasteiger partial charge is 0.0715 e. The lowest BCUT2D eigenvalue weighted by molar-refractivity contribution is 0.890. The molecule has 0 bridgehead atoms. The molecule has 0 aromatic rings. The van der Waals surface area contributed by atoms with E-state index in [2.05, 4.69) is 11.6 Å². The van der Waals surface area contributed by atoms with Gasteiger partial charge in [0.15, 0.2) is 0 Å². The highest BCUT2D eigenvalue weighted by atomic mass is 14.8. The summed E-state index contributed by atoms with van der Waals surface area (Å²) < 4.78 is 0. The van der Waals surface area contributed by atoms with Crippen LogP contribution in [0, 0.1) is 0 Å². The minimum Gasteiger partial charge on any atom is -0.285 e. The molecule has 1 rings (SSSR count). The summed E-state index contributed by atoms with van der Waals surface area (Å²) in [5, 5.41) is 0. The van der Waals surface area contributed by atoms with Gasteiger partial charge in [-0.05, 0) is 18.6 Å². The van der Waals surface area contributed by atoms with Gasteiger partial charge >= 0.3 is 0 Å². The Balaban J connectivity index is 2.74. The Morgan fingerprint density at radius 2 is 2.50 bits per heavy atom. The number of hydrogen-bond donors (Lipinski definition) is 0. The molecule has 0 aliphatic carbocycles. The Hall–Kier alpha value is -0.850. The second-order valence-electron chi connectivity index (χ2n) is 1.91. The van der Waals surface area contributed by atoms with Crippen molar-refractivity contribution in [2.45, 2.75) is 13.0 Å². The van der Waals surface area contributed by atoms with Gasteiger partial charge in [-0.1, -0.05) is 12.7 Å². The lowest BCUT2D eigenvalue weighted by atomic mass is 10.1. The van der Waals surface area contributed by atoms with E-state index in [-0.39, 0.29) is 0 Å². The van der Waals surface area contributed by atoms with Crippen LogP contribution < -0.4 is 0 Å². The van der Waals surface area contributed by atoms with Crippen LogP contribution in [-0.4, -0.2) is 12.3 Å². The van der Waals surface area contributed by atoms with Crippen molar-refractivity contribution in [1.29, 1.82) is 0 Å². The first-order valence-corrected chi connectivity index (χ1v) is 2.69. The van der Waals surface area contributed by atoms with E-state index in [1.54, 1.807) is 6.21 Å². The second kappa shape index (κ2) is 1.95. The van der Waals surface area contributed by atoms with E-state index in [9.17, 15) is 0 Å². The number of allylic oxidation sites excluding steroid dienone is 1. The van der Waals surface area contributed by atoms with E-state index in [0.29, 0.717) is 6.04 Å². The van der Waals surface area contributed by atoms with E-state index in [1.807, 2.05) is 19.1 Å². The van der Waals surface area contributed by atoms with Gasteiger partial charge in [0.2, 0.25) is 0 Å². The van der Waals surface area contributed by atoms with Crippen molar-refractivity contribution in [3.8, 4) is 0 Å². The van der Waals surface area contributed by atoms with Crippen LogP contribution in [-0.2, 0) is 0 Å². The maximum atomic E-state index is 4.10. The zero-order valence-electron chi connectivity index (χ0n) is 4.96. The van der Waals surface area contributed by atoms with Crippen LogP contribution >= 0.6 is 0 Å². The van der Waals surface area contributed by atoms with Gasteiger partial charge in [0.05, 0.1) is 6.04 Å². The van der Waals surface area contributed by atoms with Crippen LogP contribution in [0.5, 0.6) is 0 Å². The van der Waals surface area contributed by atoms with Gasteiger partial charge < -0.3 is 0 Å². The molecule has 0 saturated carbocycles. The number of nitrogens with zero attached hydrogens (tertiary/aromatic N) is 1. The van der Waals surface area contributed by atoms with Crippen molar-refractivity contribution in [3.05, 3.63) is 24.3 Å². The molecule has 1 aliphatic heterocycles. The zero-order chi connectivity index (χ0) is 5.98. The van der Waals surface area contributed by atoms with Crippen molar-refractivity contribution < 1.29 is 0 Å². The molecule has 8 heavy (non-hydrogen) atoms. The van der Waals surface area contributed by atoms with Crippen LogP contribution in [0.15, 0.2) is 29.3 Å². The average molecular weight is 107 g/mol. The second-order valence-corrected chi connectivity index (χ2v) is 1.91. The summed E-state index contributed by atoms with van der Waals surface area (Å²) in [4.78, 5) is 4.10. The summed E-state index contributed by atoms with van der Waals surface area (Å²) in [7, 11) is 0. The molecule has 0 radical (unpaired) electrons. The van der Waals surface area contributed by atoms with E-state index in [0.717, 1.165) is 5.57 Å². The third kappa shape index (κ3) is 0.861. The van der Waals surface area contributed by atoms with Gasteiger partial charge in [0.1, 0.15) is 0 Å². The molecule has 1 heteroatoms. The fourth-order valence-electron chi connectivity index (χ4n) is 0.580. The minimum atomic E-state index is 0.292. The molecule has 0 fully saturated rings. The average Bonchev–Trinajstić information content (AvgIpc) is 1.77. The van der Waals surface area contributed by atoms with E-state index in [1.165, 1.54) is 0 Å². The van der Waals surface area contributed by atoms with Crippen molar-refractivity contribution in [2.24, 2.45) is 4.99 Å². The zero-order valence-corrected chi connectivity index (χ0v) is 4.96. The Labute approximate surface area is 49.4 Å². The van der Waals surface area contributed by atoms with E-state index < -0.39 is 0 Å². The fraction of sp³-hybridized carbons (Fsp3) is 0.286. The summed E-state index contributed by atoms with van der Waals surface area (Å²) in [6.45, 7) is 5.82. The highest BCUT2D eigenvalue weighted by molar-refractivity contribution is 5.74. The quantitative estimate of drug-likeness (QED) is 0.445. The van der Waals surface area contributed by atoms with Crippen LogP contribution in [0.1, 0.15) is 6.92 Å². The molecule has 0 aromatic heterocycles. The highest BCUT2D eigenvalue weighted by Gasteiger charge is 2.00. The lowest BCUT2D eigenvalue weighted by Crippen LogP contribution is -2.02. The standard InChI is InChI=1S/C7H9N/c1-6-4-3-5-8-7(6)2/h3-5,7H,1H2,2H3. The van der Waals surface area contributed by atoms with Crippen molar-refractivity contribution >= 4 is 6.21 Å². The molecule has 1 heterocycles. The summed E-state index contributed by atoms with van der Waals surface area (Å²) in [6, 6.07) is 0.292. The van der Waals surface area contributed by atoms with Gasteiger partial charge in [-0.3, -0.25) is 4.99 Å². The van der Waals surface area contributed by atoms with Crippen LogP contribution in [0.4, 0.5) is 0 Å². The highest BCUT2D eigenvalue weighted by Crippen LogP contribution is 2.07. The largest absolute Gasteiger partial charge is 0.285 e. The first-order chi connectivity index (χ1) is 3.80. The monoisotopic (exact) mass is 107 g/mol. The molecule has 1 atom stereocenters. The molecule has 0 saturated heterocycles. The molecule has 42 valence electrons. The molecule has 0 N–H and O–H groups in total. The van der Waals surface area contributed by atoms with Crippen molar-refractivity contribution in [1.82, 2.24) is 0 Å². The number of dihydropyridines is 1. The number of aliphatic imine (C=N–C) groups is 1. The number of rotatable bonds is 0. The maximum absolute atomic E-state index is 4.10. The first kappa shape index (κ1) is 5.29. The molecule has 1 unspecified atom stereocenters. The Kier molecular flexibility index (Phi) is 1.29. The van der Waals surface area contributed by atoms with Crippen molar-refractivity contribution in [3.63, 3.8) is 0 Å². The van der Waals surface area contributed by atoms with E-state index in [4.69, 9.17) is 0 Å². The Morgan fingerprint density at radius 1 is 1.75 bits per heavy atom. The minimum absolute atomic E-state index is 0.292. The molecular formula is C7H9N. The molecule has 1 nitrogen and oxygen atoms in total. The lowest BCUT2D eigenvalue weighted by Gasteiger charge is -2.06. The van der Waals surface area contributed by atoms with Gasteiger partial charge in [-0.2, -0.15) is 0 Å². The third-order valence-electron chi connectivity index (χ3n) is 1.24. The summed E-state index contributed by atoms with van der Waals surface area (Å²) in [5.74, 6) is 0. The molecular weight excluding hydrogens is 98.1 g/mol. The van der Waals surface area contributed by atoms with Gasteiger partial charge in [0, 0.05) is 6.21 Å². The van der Waals surface area contributed by atoms with Gasteiger partial charge in [0.25, 0.3) is 0 Å². The van der Waals surface area contributed by atoms with Crippen molar-refractivity contribution in [2.75, 3.05) is 0 Å². The number of hydrogen-bond acceptors (Lipinski definition) is 1. The Morgan fingerprint density at radius 3 is 2.88 bits per heavy atom. The predicted octanol–water partition coefficient (Wildman–Crippen LogP) is 1.57. The van der Waals surface area contributed by atoms with Gasteiger partial charge in [-0.25, -0.2) is 0 Å². The molecule has 0 aromatic carbocycles. The van der Waals surface area contributed by atoms with Crippen LogP contribution in [0.25, 0.3) is 0 Å². The summed E-state index contributed by atoms with van der Waals surface area (Å²) >= 11 is 0. The topological polar surface area (TPSA) is 12.4 Å². The molecule has 0 amide bonds. The predicted molar refractivity (Wildman–Crippen MR) is 36.2 cm³/mol. The molecule has 0 spiro atoms. The summed E-state index contributed by atoms with van der Waals surface area (Å²) in [5.41, 5.74) is 1.09. The Bertz CT molecular complexity index is 154. The SMILES string of the molecule is C=C1C=CC=NC1C. The fourth-order valence-corrected chi connectivity index (χ4v) is 0.580. The van der Waals surface area contributed by atoms with Crippen LogP contribution in [0.2, 0.25) is 0 Å². The third-order valence-corrected chi connectivity index (χ3v) is 1.24. The van der Waals surface area contributed by atoms with Gasteiger partial charge in [-0.15, -0.1) is 0 Å². The summed E-state index contributed by atoms with van der Waals surface area (Å²) in [6.07, 6.45) is 5.69. The normalized spacial score (nSPS) is 26.6. The molecule has 1 aliphatic rings. The van der Waals surface area contributed by atoms with Crippen LogP contribution in [0.3, 0.4) is 0 Å². The maximum Gasteiger partial charge on any atom is 0.0715 e.